The zero-order valence-corrected chi connectivity index (χ0v) is 42.2. The molecular weight excluding hydrogens is 838 g/mol. The van der Waals surface area contributed by atoms with Crippen LogP contribution in [0.2, 0.25) is 0 Å². The van der Waals surface area contributed by atoms with Gasteiger partial charge >= 0.3 is 0 Å². The first-order chi connectivity index (χ1) is 31.3. The third-order valence-corrected chi connectivity index (χ3v) is 16.4. The number of fused-ring (bicyclic) bond motifs is 8. The number of anilines is 9. The van der Waals surface area contributed by atoms with Crippen LogP contribution in [0.3, 0.4) is 0 Å². The lowest BCUT2D eigenvalue weighted by atomic mass is 9.36. The van der Waals surface area contributed by atoms with Crippen molar-refractivity contribution in [3.8, 4) is 0 Å². The van der Waals surface area contributed by atoms with Gasteiger partial charge in [-0.25, -0.2) is 0 Å². The van der Waals surface area contributed by atoms with Gasteiger partial charge in [0.2, 0.25) is 0 Å². The highest BCUT2D eigenvalue weighted by Gasteiger charge is 2.46. The second-order valence-electron chi connectivity index (χ2n) is 22.8. The van der Waals surface area contributed by atoms with E-state index < -0.39 is 0 Å². The second kappa shape index (κ2) is 14.9. The molecule has 8 aromatic rings. The summed E-state index contributed by atoms with van der Waals surface area (Å²) in [5.41, 5.74) is 18.9. The quantitative estimate of drug-likeness (QED) is 0.163. The maximum atomic E-state index is 2.64. The molecule has 330 valence electrons. The smallest absolute Gasteiger partial charge is 0.264 e. The van der Waals surface area contributed by atoms with Crippen LogP contribution in [0.4, 0.5) is 51.2 Å². The summed E-state index contributed by atoms with van der Waals surface area (Å²) in [7, 11) is 0. The van der Waals surface area contributed by atoms with Crippen LogP contribution < -0.4 is 30.4 Å². The lowest BCUT2D eigenvalue weighted by molar-refractivity contribution is 0.590. The number of rotatable bonds is 3. The molecule has 3 aliphatic heterocycles. The van der Waals surface area contributed by atoms with Crippen LogP contribution in [0.15, 0.2) is 155 Å². The predicted octanol–water partition coefficient (Wildman–Crippen LogP) is 16.1. The number of benzene rings is 7. The molecule has 4 heterocycles. The van der Waals surface area contributed by atoms with Crippen molar-refractivity contribution in [2.24, 2.45) is 0 Å². The fourth-order valence-corrected chi connectivity index (χ4v) is 12.6. The van der Waals surface area contributed by atoms with Gasteiger partial charge in [0.15, 0.2) is 0 Å². The summed E-state index contributed by atoms with van der Waals surface area (Å²) in [6.07, 6.45) is 0. The Labute approximate surface area is 401 Å². The molecule has 0 fully saturated rings. The Kier molecular flexibility index (Phi) is 9.70. The normalized spacial score (nSPS) is 14.5. The molecule has 0 bridgehead atoms. The Morgan fingerprint density at radius 1 is 0.394 bits per heavy atom. The minimum atomic E-state index is -0.0334. The molecule has 0 amide bonds. The average molecular weight is 898 g/mol. The van der Waals surface area contributed by atoms with E-state index in [2.05, 4.69) is 243 Å². The molecule has 0 saturated carbocycles. The van der Waals surface area contributed by atoms with Crippen molar-refractivity contribution < 1.29 is 0 Å². The summed E-state index contributed by atoms with van der Waals surface area (Å²) in [6, 6.07) is 56.3. The topological polar surface area (TPSA) is 9.72 Å². The first-order valence-electron chi connectivity index (χ1n) is 23.6. The van der Waals surface area contributed by atoms with Gasteiger partial charge < -0.3 is 14.7 Å². The number of para-hydroxylation sites is 2. The van der Waals surface area contributed by atoms with Gasteiger partial charge in [0.25, 0.3) is 6.71 Å². The van der Waals surface area contributed by atoms with E-state index in [0.29, 0.717) is 0 Å². The predicted molar refractivity (Wildman–Crippen MR) is 289 cm³/mol. The Hall–Kier alpha value is -5.69. The maximum absolute atomic E-state index is 2.64. The molecule has 3 nitrogen and oxygen atoms in total. The summed E-state index contributed by atoms with van der Waals surface area (Å²) >= 11 is 3.84. The summed E-state index contributed by atoms with van der Waals surface area (Å²) in [6.45, 7) is 27.9. The molecule has 0 radical (unpaired) electrons. The lowest BCUT2D eigenvalue weighted by Gasteiger charge is -2.45. The Morgan fingerprint density at radius 3 is 1.39 bits per heavy atom. The number of hydrogen-bond acceptors (Lipinski definition) is 5. The zero-order chi connectivity index (χ0) is 46.2. The van der Waals surface area contributed by atoms with E-state index in [4.69, 9.17) is 0 Å². The highest BCUT2D eigenvalue weighted by Crippen LogP contribution is 2.55. The fourth-order valence-electron chi connectivity index (χ4n) is 10.3. The zero-order valence-electron chi connectivity index (χ0n) is 40.6. The van der Waals surface area contributed by atoms with Gasteiger partial charge in [-0.2, -0.15) is 0 Å². The second-order valence-corrected chi connectivity index (χ2v) is 24.9. The van der Waals surface area contributed by atoms with Crippen molar-refractivity contribution in [1.82, 2.24) is 0 Å². The van der Waals surface area contributed by atoms with Gasteiger partial charge in [-0.1, -0.05) is 162 Å². The van der Waals surface area contributed by atoms with Crippen LogP contribution in [0.1, 0.15) is 105 Å². The van der Waals surface area contributed by atoms with Crippen molar-refractivity contribution in [2.75, 3.05) is 14.7 Å². The minimum absolute atomic E-state index is 0.00967. The Balaban J connectivity index is 1.29. The van der Waals surface area contributed by atoms with E-state index in [-0.39, 0.29) is 28.4 Å². The van der Waals surface area contributed by atoms with Crippen LogP contribution in [-0.2, 0) is 21.7 Å². The standard InChI is InChI=1S/C60H60BN3S2/c1-57(2,3)37-21-27-41(28-22-37)62-46-31-25-40(60(10,11)12)34-45(46)61-54-49(62)35-43(63-47-17-13-15-19-52(47)65-53-20-16-14-18-48(53)63)36-50(54)64(42-29-23-38(24-30-42)58(4,5)6)55-44-33-39(59(7,8)9)26-32-51(44)66-56(55)61/h13-36H,1-12H3. The van der Waals surface area contributed by atoms with Crippen molar-refractivity contribution >= 4 is 107 Å². The molecule has 1 aromatic heterocycles. The monoisotopic (exact) mass is 897 g/mol. The largest absolute Gasteiger partial charge is 0.311 e. The first-order valence-corrected chi connectivity index (χ1v) is 25.3. The molecule has 0 aliphatic carbocycles. The van der Waals surface area contributed by atoms with E-state index in [0.717, 1.165) is 5.69 Å². The highest BCUT2D eigenvalue weighted by molar-refractivity contribution is 7.99. The molecule has 66 heavy (non-hydrogen) atoms. The molecule has 0 spiro atoms. The summed E-state index contributed by atoms with van der Waals surface area (Å²) < 4.78 is 2.72. The molecule has 3 aliphatic rings. The fraction of sp³-hybridized carbons (Fsp3) is 0.267. The van der Waals surface area contributed by atoms with Gasteiger partial charge in [0, 0.05) is 53.1 Å². The van der Waals surface area contributed by atoms with Gasteiger partial charge in [0.05, 0.1) is 22.7 Å². The molecule has 0 unspecified atom stereocenters. The molecule has 0 N–H and O–H groups in total. The molecule has 6 heteroatoms. The van der Waals surface area contributed by atoms with Gasteiger partial charge in [-0.3, -0.25) is 0 Å². The molecule has 7 aromatic carbocycles. The SMILES string of the molecule is CC(C)(C)c1ccc(N2c3ccc(C(C)(C)C)cc3B3c4sc5ccc(C(C)(C)C)cc5c4N(c4ccc(C(C)(C)C)cc4)c4cc(N5c6ccccc6Sc6ccccc65)cc2c43)cc1. The number of hydrogen-bond donors (Lipinski definition) is 0. The van der Waals surface area contributed by atoms with Gasteiger partial charge in [-0.15, -0.1) is 11.3 Å². The summed E-state index contributed by atoms with van der Waals surface area (Å²) in [4.78, 5) is 10.3. The van der Waals surface area contributed by atoms with E-state index in [1.807, 2.05) is 23.1 Å². The molecular formula is C60H60BN3S2. The Bertz CT molecular complexity index is 3180. The summed E-state index contributed by atoms with van der Waals surface area (Å²) in [5.74, 6) is 0. The number of nitrogens with zero attached hydrogens (tertiary/aromatic N) is 3. The van der Waals surface area contributed by atoms with Crippen LogP contribution in [0.5, 0.6) is 0 Å². The van der Waals surface area contributed by atoms with Crippen molar-refractivity contribution in [3.63, 3.8) is 0 Å². The van der Waals surface area contributed by atoms with Crippen molar-refractivity contribution in [2.45, 2.75) is 115 Å². The third-order valence-electron chi connectivity index (χ3n) is 14.1. The first kappa shape index (κ1) is 42.9. The Morgan fingerprint density at radius 2 is 0.848 bits per heavy atom. The highest BCUT2D eigenvalue weighted by atomic mass is 32.2. The van der Waals surface area contributed by atoms with Crippen LogP contribution in [0, 0.1) is 0 Å². The van der Waals surface area contributed by atoms with E-state index in [1.165, 1.54) is 103 Å². The van der Waals surface area contributed by atoms with Crippen molar-refractivity contribution in [1.29, 1.82) is 0 Å². The van der Waals surface area contributed by atoms with Crippen LogP contribution in [0.25, 0.3) is 10.1 Å². The van der Waals surface area contributed by atoms with Gasteiger partial charge in [-0.05, 0) is 134 Å². The minimum Gasteiger partial charge on any atom is -0.311 e. The van der Waals surface area contributed by atoms with E-state index in [1.54, 1.807) is 0 Å². The average Bonchev–Trinajstić information content (AvgIpc) is 3.65. The van der Waals surface area contributed by atoms with Crippen molar-refractivity contribution in [3.05, 3.63) is 168 Å². The van der Waals surface area contributed by atoms with Crippen LogP contribution in [-0.4, -0.2) is 6.71 Å². The molecule has 11 rings (SSSR count). The lowest BCUT2D eigenvalue weighted by Crippen LogP contribution is -2.60. The van der Waals surface area contributed by atoms with E-state index >= 15 is 0 Å². The third kappa shape index (κ3) is 6.93. The van der Waals surface area contributed by atoms with Gasteiger partial charge in [0.1, 0.15) is 0 Å². The molecule has 0 atom stereocenters. The summed E-state index contributed by atoms with van der Waals surface area (Å²) in [5, 5.41) is 1.32. The van der Waals surface area contributed by atoms with E-state index in [9.17, 15) is 0 Å². The number of thiophene rings is 1. The maximum Gasteiger partial charge on any atom is 0.264 e. The van der Waals surface area contributed by atoms with Crippen LogP contribution >= 0.6 is 23.1 Å². The molecule has 0 saturated heterocycles.